The molecule has 4 rings (SSSR count). The minimum atomic E-state index is -0.463. The van der Waals surface area contributed by atoms with Gasteiger partial charge in [-0.05, 0) is 66.7 Å². The molecular weight excluding hydrogens is 363 g/mol. The normalized spacial score (nSPS) is 10.8. The zero-order chi connectivity index (χ0) is 19.7. The third-order valence-electron chi connectivity index (χ3n) is 4.02. The van der Waals surface area contributed by atoms with Gasteiger partial charge in [0.25, 0.3) is 5.91 Å². The standard InChI is InChI=1S/C18H15FN8O/c1-11-20-17(23-26(11)15-8-6-13(19)7-9-15)18(28)21-14-4-3-5-16(10-14)27-12(2)22-24-25-27/h3-10H,1-2H3,(H,21,28). The number of nitrogens with one attached hydrogen (secondary N) is 1. The quantitative estimate of drug-likeness (QED) is 0.584. The highest BCUT2D eigenvalue weighted by Gasteiger charge is 2.16. The third kappa shape index (κ3) is 3.34. The summed E-state index contributed by atoms with van der Waals surface area (Å²) in [5, 5.41) is 18.4. The summed E-state index contributed by atoms with van der Waals surface area (Å²) in [4.78, 5) is 16.8. The molecule has 0 aliphatic rings. The number of aryl methyl sites for hydroxylation is 2. The molecule has 1 N–H and O–H groups in total. The Labute approximate surface area is 158 Å². The van der Waals surface area contributed by atoms with Crippen LogP contribution in [0.2, 0.25) is 0 Å². The van der Waals surface area contributed by atoms with E-state index in [1.807, 2.05) is 6.07 Å². The molecule has 2 aromatic carbocycles. The van der Waals surface area contributed by atoms with E-state index in [1.165, 1.54) is 16.8 Å². The first-order chi connectivity index (χ1) is 13.5. The number of tetrazole rings is 1. The van der Waals surface area contributed by atoms with Crippen molar-refractivity contribution in [1.29, 1.82) is 0 Å². The maximum absolute atomic E-state index is 13.1. The molecule has 9 nitrogen and oxygen atoms in total. The van der Waals surface area contributed by atoms with Crippen LogP contribution in [0.5, 0.6) is 0 Å². The van der Waals surface area contributed by atoms with E-state index in [-0.39, 0.29) is 11.6 Å². The van der Waals surface area contributed by atoms with Gasteiger partial charge in [0.1, 0.15) is 11.6 Å². The van der Waals surface area contributed by atoms with Gasteiger partial charge in [0, 0.05) is 5.69 Å². The van der Waals surface area contributed by atoms with Gasteiger partial charge in [0.05, 0.1) is 11.4 Å². The van der Waals surface area contributed by atoms with Crippen LogP contribution in [0.4, 0.5) is 10.1 Å². The Morgan fingerprint density at radius 3 is 2.50 bits per heavy atom. The lowest BCUT2D eigenvalue weighted by Crippen LogP contribution is -2.14. The molecule has 0 aliphatic heterocycles. The number of hydrogen-bond acceptors (Lipinski definition) is 6. The molecule has 0 unspecified atom stereocenters. The first-order valence-electron chi connectivity index (χ1n) is 8.37. The van der Waals surface area contributed by atoms with E-state index >= 15 is 0 Å². The molecule has 0 radical (unpaired) electrons. The fraction of sp³-hybridized carbons (Fsp3) is 0.111. The van der Waals surface area contributed by atoms with E-state index in [9.17, 15) is 9.18 Å². The molecule has 28 heavy (non-hydrogen) atoms. The maximum atomic E-state index is 13.1. The summed E-state index contributed by atoms with van der Waals surface area (Å²) in [6.07, 6.45) is 0. The second-order valence-electron chi connectivity index (χ2n) is 6.01. The molecule has 0 atom stereocenters. The predicted molar refractivity (Wildman–Crippen MR) is 97.9 cm³/mol. The van der Waals surface area contributed by atoms with Crippen molar-refractivity contribution >= 4 is 11.6 Å². The Balaban J connectivity index is 1.57. The SMILES string of the molecule is Cc1nnnn1-c1cccc(NC(=O)c2nc(C)n(-c3ccc(F)cc3)n2)c1. The number of anilines is 1. The lowest BCUT2D eigenvalue weighted by atomic mass is 10.2. The van der Waals surface area contributed by atoms with Gasteiger partial charge in [-0.15, -0.1) is 10.2 Å². The van der Waals surface area contributed by atoms with Crippen LogP contribution in [0, 0.1) is 19.7 Å². The lowest BCUT2D eigenvalue weighted by Gasteiger charge is -2.06. The lowest BCUT2D eigenvalue weighted by molar-refractivity contribution is 0.101. The number of rotatable bonds is 4. The molecule has 1 amide bonds. The van der Waals surface area contributed by atoms with Crippen molar-refractivity contribution in [3.8, 4) is 11.4 Å². The van der Waals surface area contributed by atoms with Gasteiger partial charge in [0.2, 0.25) is 5.82 Å². The zero-order valence-electron chi connectivity index (χ0n) is 15.0. The molecule has 10 heteroatoms. The monoisotopic (exact) mass is 378 g/mol. The van der Waals surface area contributed by atoms with Crippen LogP contribution >= 0.6 is 0 Å². The topological polar surface area (TPSA) is 103 Å². The predicted octanol–water partition coefficient (Wildman–Crippen LogP) is 2.25. The minimum Gasteiger partial charge on any atom is -0.319 e. The molecule has 2 heterocycles. The molecule has 0 spiro atoms. The van der Waals surface area contributed by atoms with Gasteiger partial charge in [-0.1, -0.05) is 6.07 Å². The largest absolute Gasteiger partial charge is 0.319 e. The minimum absolute atomic E-state index is 0.00540. The fourth-order valence-corrected chi connectivity index (χ4v) is 2.69. The van der Waals surface area contributed by atoms with Crippen LogP contribution in [0.1, 0.15) is 22.3 Å². The zero-order valence-corrected chi connectivity index (χ0v) is 15.0. The first kappa shape index (κ1) is 17.5. The van der Waals surface area contributed by atoms with E-state index in [1.54, 1.807) is 48.9 Å². The van der Waals surface area contributed by atoms with Gasteiger partial charge in [-0.3, -0.25) is 4.79 Å². The summed E-state index contributed by atoms with van der Waals surface area (Å²) < 4.78 is 16.2. The molecule has 0 saturated carbocycles. The van der Waals surface area contributed by atoms with Crippen LogP contribution in [0.15, 0.2) is 48.5 Å². The van der Waals surface area contributed by atoms with Crippen LogP contribution in [-0.2, 0) is 0 Å². The van der Waals surface area contributed by atoms with E-state index in [0.717, 1.165) is 0 Å². The number of amides is 1. The third-order valence-corrected chi connectivity index (χ3v) is 4.02. The van der Waals surface area contributed by atoms with Crippen molar-refractivity contribution in [2.24, 2.45) is 0 Å². The number of carbonyl (C=O) groups excluding carboxylic acids is 1. The summed E-state index contributed by atoms with van der Waals surface area (Å²) in [5.41, 5.74) is 1.87. The van der Waals surface area contributed by atoms with Crippen molar-refractivity contribution in [3.63, 3.8) is 0 Å². The average Bonchev–Trinajstić information content (AvgIpc) is 3.28. The van der Waals surface area contributed by atoms with Crippen molar-refractivity contribution in [2.45, 2.75) is 13.8 Å². The van der Waals surface area contributed by atoms with Crippen LogP contribution in [0.3, 0.4) is 0 Å². The number of halogens is 1. The molecule has 0 aliphatic carbocycles. The molecule has 0 saturated heterocycles. The van der Waals surface area contributed by atoms with Crippen molar-refractivity contribution in [1.82, 2.24) is 35.0 Å². The second kappa shape index (κ2) is 6.99. The molecule has 0 bridgehead atoms. The Bertz CT molecular complexity index is 1150. The van der Waals surface area contributed by atoms with Gasteiger partial charge in [0.15, 0.2) is 5.82 Å². The maximum Gasteiger partial charge on any atom is 0.295 e. The van der Waals surface area contributed by atoms with Crippen molar-refractivity contribution in [3.05, 3.63) is 71.8 Å². The fourth-order valence-electron chi connectivity index (χ4n) is 2.69. The average molecular weight is 378 g/mol. The van der Waals surface area contributed by atoms with E-state index in [0.29, 0.717) is 28.7 Å². The number of nitrogens with zero attached hydrogens (tertiary/aromatic N) is 7. The van der Waals surface area contributed by atoms with Crippen LogP contribution < -0.4 is 5.32 Å². The highest BCUT2D eigenvalue weighted by molar-refractivity contribution is 6.01. The number of benzene rings is 2. The van der Waals surface area contributed by atoms with Gasteiger partial charge >= 0.3 is 0 Å². The van der Waals surface area contributed by atoms with Crippen LogP contribution in [-0.4, -0.2) is 40.9 Å². The molecule has 4 aromatic rings. The summed E-state index contributed by atoms with van der Waals surface area (Å²) in [6, 6.07) is 12.9. The Morgan fingerprint density at radius 1 is 1.00 bits per heavy atom. The smallest absolute Gasteiger partial charge is 0.295 e. The summed E-state index contributed by atoms with van der Waals surface area (Å²) in [5.74, 6) is 0.325. The Kier molecular flexibility index (Phi) is 4.36. The van der Waals surface area contributed by atoms with Crippen LogP contribution in [0.25, 0.3) is 11.4 Å². The molecule has 2 aromatic heterocycles. The van der Waals surface area contributed by atoms with Crippen molar-refractivity contribution in [2.75, 3.05) is 5.32 Å². The highest BCUT2D eigenvalue weighted by Crippen LogP contribution is 2.16. The van der Waals surface area contributed by atoms with Crippen molar-refractivity contribution < 1.29 is 9.18 Å². The molecule has 140 valence electrons. The van der Waals surface area contributed by atoms with E-state index in [4.69, 9.17) is 0 Å². The van der Waals surface area contributed by atoms with Gasteiger partial charge in [-0.2, -0.15) is 4.68 Å². The molecular formula is C18H15FN8O. The Hall–Kier alpha value is -3.95. The van der Waals surface area contributed by atoms with Gasteiger partial charge in [-0.25, -0.2) is 14.1 Å². The summed E-state index contributed by atoms with van der Waals surface area (Å²) >= 11 is 0. The van der Waals surface area contributed by atoms with E-state index < -0.39 is 5.91 Å². The number of aromatic nitrogens is 7. The molecule has 0 fully saturated rings. The summed E-state index contributed by atoms with van der Waals surface area (Å²) in [6.45, 7) is 3.49. The highest BCUT2D eigenvalue weighted by atomic mass is 19.1. The Morgan fingerprint density at radius 2 is 1.79 bits per heavy atom. The second-order valence-corrected chi connectivity index (χ2v) is 6.01. The number of hydrogen-bond donors (Lipinski definition) is 1. The number of carbonyl (C=O) groups is 1. The first-order valence-corrected chi connectivity index (χ1v) is 8.37. The van der Waals surface area contributed by atoms with E-state index in [2.05, 4.69) is 30.9 Å². The van der Waals surface area contributed by atoms with Gasteiger partial charge < -0.3 is 5.32 Å². The summed E-state index contributed by atoms with van der Waals surface area (Å²) in [7, 11) is 0.